The molecule has 1 fully saturated rings. The van der Waals surface area contributed by atoms with Gasteiger partial charge in [0, 0.05) is 18.4 Å². The minimum absolute atomic E-state index is 0.0443. The second-order valence-corrected chi connectivity index (χ2v) is 9.21. The van der Waals surface area contributed by atoms with E-state index in [9.17, 15) is 0 Å². The lowest BCUT2D eigenvalue weighted by atomic mass is 9.87. The molecule has 3 heterocycles. The standard InChI is InChI=1S/C25H31N5O/c1-16(2)31-24-23-21(18-12-14-30-20(15-18)11-13-26-30)5-4-6-22(23)28-25(29-24)27-19-9-7-17(3)8-10-19/h5,11-17,19H,4,6-10H2,1-3H3,(H,27,28,29)/t17-,19-. The Labute approximate surface area is 183 Å². The molecule has 0 saturated heterocycles. The van der Waals surface area contributed by atoms with Crippen molar-refractivity contribution in [1.82, 2.24) is 19.6 Å². The molecule has 3 aromatic rings. The number of rotatable bonds is 5. The third kappa shape index (κ3) is 4.16. The van der Waals surface area contributed by atoms with Crippen LogP contribution in [-0.2, 0) is 6.42 Å². The van der Waals surface area contributed by atoms with Gasteiger partial charge in [-0.05, 0) is 87.6 Å². The zero-order chi connectivity index (χ0) is 21.4. The van der Waals surface area contributed by atoms with Crippen LogP contribution in [0.25, 0.3) is 11.1 Å². The van der Waals surface area contributed by atoms with Crippen molar-refractivity contribution in [2.45, 2.75) is 71.4 Å². The summed E-state index contributed by atoms with van der Waals surface area (Å²) in [7, 11) is 0. The lowest BCUT2D eigenvalue weighted by Gasteiger charge is -2.28. The van der Waals surface area contributed by atoms with Crippen molar-refractivity contribution >= 4 is 17.0 Å². The second-order valence-electron chi connectivity index (χ2n) is 9.21. The maximum Gasteiger partial charge on any atom is 0.226 e. The van der Waals surface area contributed by atoms with Crippen molar-refractivity contribution in [3.63, 3.8) is 0 Å². The lowest BCUT2D eigenvalue weighted by Crippen LogP contribution is -2.27. The summed E-state index contributed by atoms with van der Waals surface area (Å²) in [5, 5.41) is 7.92. The van der Waals surface area contributed by atoms with Gasteiger partial charge in [-0.25, -0.2) is 9.50 Å². The van der Waals surface area contributed by atoms with Crippen molar-refractivity contribution < 1.29 is 4.74 Å². The first-order valence-electron chi connectivity index (χ1n) is 11.5. The van der Waals surface area contributed by atoms with Crippen LogP contribution in [0.5, 0.6) is 5.88 Å². The summed E-state index contributed by atoms with van der Waals surface area (Å²) in [5.74, 6) is 2.22. The molecule has 2 aliphatic rings. The Kier molecular flexibility index (Phi) is 5.38. The molecule has 6 nitrogen and oxygen atoms in total. The number of fused-ring (bicyclic) bond motifs is 2. The number of aromatic nitrogens is 4. The van der Waals surface area contributed by atoms with Crippen LogP contribution in [0.3, 0.4) is 0 Å². The van der Waals surface area contributed by atoms with Crippen LogP contribution in [0.1, 0.15) is 69.7 Å². The number of ether oxygens (including phenoxy) is 1. The van der Waals surface area contributed by atoms with Gasteiger partial charge in [0.2, 0.25) is 11.8 Å². The van der Waals surface area contributed by atoms with Crippen molar-refractivity contribution in [3.8, 4) is 5.88 Å². The summed E-state index contributed by atoms with van der Waals surface area (Å²) in [4.78, 5) is 9.83. The molecule has 5 rings (SSSR count). The largest absolute Gasteiger partial charge is 0.474 e. The fourth-order valence-corrected chi connectivity index (χ4v) is 4.70. The Morgan fingerprint density at radius 3 is 2.77 bits per heavy atom. The normalized spacial score (nSPS) is 21.1. The van der Waals surface area contributed by atoms with Gasteiger partial charge in [-0.15, -0.1) is 0 Å². The van der Waals surface area contributed by atoms with Gasteiger partial charge >= 0.3 is 0 Å². The molecule has 0 amide bonds. The maximum absolute atomic E-state index is 6.23. The quantitative estimate of drug-likeness (QED) is 0.612. The zero-order valence-corrected chi connectivity index (χ0v) is 18.6. The van der Waals surface area contributed by atoms with E-state index in [-0.39, 0.29) is 6.10 Å². The van der Waals surface area contributed by atoms with Crippen molar-refractivity contribution in [3.05, 3.63) is 53.5 Å². The van der Waals surface area contributed by atoms with E-state index in [1.165, 1.54) is 25.7 Å². The number of anilines is 1. The van der Waals surface area contributed by atoms with Crippen LogP contribution >= 0.6 is 0 Å². The van der Waals surface area contributed by atoms with E-state index in [1.807, 2.05) is 23.0 Å². The Morgan fingerprint density at radius 2 is 1.97 bits per heavy atom. The first-order valence-corrected chi connectivity index (χ1v) is 11.5. The number of nitrogens with zero attached hydrogens (tertiary/aromatic N) is 4. The minimum atomic E-state index is 0.0443. The summed E-state index contributed by atoms with van der Waals surface area (Å²) in [5.41, 5.74) is 5.48. The Hall–Kier alpha value is -2.89. The highest BCUT2D eigenvalue weighted by atomic mass is 16.5. The Morgan fingerprint density at radius 1 is 1.13 bits per heavy atom. The van der Waals surface area contributed by atoms with Gasteiger partial charge in [0.1, 0.15) is 0 Å². The molecule has 0 radical (unpaired) electrons. The molecule has 0 spiro atoms. The fourth-order valence-electron chi connectivity index (χ4n) is 4.70. The number of aryl methyl sites for hydroxylation is 1. The second kappa shape index (κ2) is 8.33. The van der Waals surface area contributed by atoms with Gasteiger partial charge in [0.15, 0.2) is 0 Å². The van der Waals surface area contributed by atoms with E-state index in [4.69, 9.17) is 14.7 Å². The molecule has 0 aromatic carbocycles. The van der Waals surface area contributed by atoms with E-state index >= 15 is 0 Å². The lowest BCUT2D eigenvalue weighted by molar-refractivity contribution is 0.231. The molecule has 1 N–H and O–H groups in total. The maximum atomic E-state index is 6.23. The average Bonchev–Trinajstić information content (AvgIpc) is 3.22. The van der Waals surface area contributed by atoms with Gasteiger partial charge < -0.3 is 10.1 Å². The first kappa shape index (κ1) is 20.0. The monoisotopic (exact) mass is 417 g/mol. The first-order chi connectivity index (χ1) is 15.1. The third-order valence-electron chi connectivity index (χ3n) is 6.36. The summed E-state index contributed by atoms with van der Waals surface area (Å²) in [6.07, 6.45) is 12.9. The smallest absolute Gasteiger partial charge is 0.226 e. The van der Waals surface area contributed by atoms with Crippen LogP contribution in [-0.4, -0.2) is 31.7 Å². The third-order valence-corrected chi connectivity index (χ3v) is 6.36. The minimum Gasteiger partial charge on any atom is -0.474 e. The number of nitrogens with one attached hydrogen (secondary N) is 1. The van der Waals surface area contributed by atoms with Crippen LogP contribution < -0.4 is 10.1 Å². The van der Waals surface area contributed by atoms with Gasteiger partial charge in [-0.2, -0.15) is 10.1 Å². The topological polar surface area (TPSA) is 64.3 Å². The van der Waals surface area contributed by atoms with Gasteiger partial charge in [0.25, 0.3) is 0 Å². The summed E-state index contributed by atoms with van der Waals surface area (Å²) in [6.45, 7) is 6.44. The highest BCUT2D eigenvalue weighted by molar-refractivity contribution is 5.85. The predicted octanol–water partition coefficient (Wildman–Crippen LogP) is 5.28. The Balaban J connectivity index is 1.52. The predicted molar refractivity (Wildman–Crippen MR) is 123 cm³/mol. The van der Waals surface area contributed by atoms with E-state index < -0.39 is 0 Å². The van der Waals surface area contributed by atoms with Crippen LogP contribution in [0.15, 0.2) is 36.7 Å². The van der Waals surface area contributed by atoms with E-state index in [0.717, 1.165) is 46.7 Å². The molecule has 162 valence electrons. The van der Waals surface area contributed by atoms with Gasteiger partial charge in [-0.3, -0.25) is 0 Å². The summed E-state index contributed by atoms with van der Waals surface area (Å²) >= 11 is 0. The molecule has 1 saturated carbocycles. The van der Waals surface area contributed by atoms with Crippen LogP contribution in [0, 0.1) is 5.92 Å². The molecule has 0 unspecified atom stereocenters. The van der Waals surface area contributed by atoms with Crippen LogP contribution in [0.2, 0.25) is 0 Å². The summed E-state index contributed by atoms with van der Waals surface area (Å²) in [6, 6.07) is 6.75. The fraction of sp³-hybridized carbons (Fsp3) is 0.480. The number of allylic oxidation sites excluding steroid dienone is 1. The highest BCUT2D eigenvalue weighted by Gasteiger charge is 2.25. The molecular formula is C25H31N5O. The molecule has 0 aliphatic heterocycles. The zero-order valence-electron chi connectivity index (χ0n) is 18.6. The number of hydrogen-bond acceptors (Lipinski definition) is 5. The SMILES string of the molecule is CC(C)Oc1nc(N[C@H]2CC[C@H](C)CC2)nc2c1C(c1ccn3nccc3c1)=CCC2. The highest BCUT2D eigenvalue weighted by Crippen LogP contribution is 2.38. The molecule has 0 atom stereocenters. The van der Waals surface area contributed by atoms with Gasteiger partial charge in [0.05, 0.1) is 22.9 Å². The molecule has 3 aromatic heterocycles. The average molecular weight is 418 g/mol. The summed E-state index contributed by atoms with van der Waals surface area (Å²) < 4.78 is 8.12. The van der Waals surface area contributed by atoms with E-state index in [0.29, 0.717) is 17.9 Å². The van der Waals surface area contributed by atoms with E-state index in [2.05, 4.69) is 49.4 Å². The van der Waals surface area contributed by atoms with Crippen molar-refractivity contribution in [2.75, 3.05) is 5.32 Å². The Bertz CT molecular complexity index is 1110. The molecule has 6 heteroatoms. The molecule has 31 heavy (non-hydrogen) atoms. The molecular weight excluding hydrogens is 386 g/mol. The number of hydrogen-bond donors (Lipinski definition) is 1. The number of pyridine rings is 1. The van der Waals surface area contributed by atoms with Gasteiger partial charge in [-0.1, -0.05) is 13.0 Å². The molecule has 0 bridgehead atoms. The van der Waals surface area contributed by atoms with E-state index in [1.54, 1.807) is 0 Å². The van der Waals surface area contributed by atoms with Crippen molar-refractivity contribution in [2.24, 2.45) is 5.92 Å². The molecule has 2 aliphatic carbocycles. The van der Waals surface area contributed by atoms with Crippen molar-refractivity contribution in [1.29, 1.82) is 0 Å². The van der Waals surface area contributed by atoms with Crippen LogP contribution in [0.4, 0.5) is 5.95 Å².